The van der Waals surface area contributed by atoms with Gasteiger partial charge >= 0.3 is 0 Å². The van der Waals surface area contributed by atoms with E-state index in [2.05, 4.69) is 30.4 Å². The minimum atomic E-state index is 0.816. The van der Waals surface area contributed by atoms with E-state index in [9.17, 15) is 0 Å². The van der Waals surface area contributed by atoms with Crippen molar-refractivity contribution in [2.45, 2.75) is 30.5 Å². The maximum Gasteiger partial charge on any atom is 0.0462 e. The SMILES string of the molecule is CCCNCc1ccc(SCc2ccccc2Cl)cc1Cl. The number of benzene rings is 2. The summed E-state index contributed by atoms with van der Waals surface area (Å²) in [5, 5.41) is 5.01. The van der Waals surface area contributed by atoms with Crippen LogP contribution in [0, 0.1) is 0 Å². The summed E-state index contributed by atoms with van der Waals surface area (Å²) in [7, 11) is 0. The molecule has 2 aromatic rings. The Labute approximate surface area is 141 Å². The lowest BCUT2D eigenvalue weighted by molar-refractivity contribution is 0.675. The van der Waals surface area contributed by atoms with E-state index in [-0.39, 0.29) is 0 Å². The first-order valence-corrected chi connectivity index (χ1v) is 8.80. The number of halogens is 2. The lowest BCUT2D eigenvalue weighted by atomic mass is 10.2. The zero-order chi connectivity index (χ0) is 15.1. The molecule has 112 valence electrons. The highest BCUT2D eigenvalue weighted by Crippen LogP contribution is 2.29. The van der Waals surface area contributed by atoms with Gasteiger partial charge in [0.2, 0.25) is 0 Å². The maximum atomic E-state index is 6.34. The van der Waals surface area contributed by atoms with Crippen molar-refractivity contribution in [3.05, 3.63) is 63.6 Å². The Morgan fingerprint density at radius 2 is 1.81 bits per heavy atom. The fraction of sp³-hybridized carbons (Fsp3) is 0.294. The predicted molar refractivity (Wildman–Crippen MR) is 94.5 cm³/mol. The topological polar surface area (TPSA) is 12.0 Å². The molecule has 0 radical (unpaired) electrons. The van der Waals surface area contributed by atoms with E-state index < -0.39 is 0 Å². The number of hydrogen-bond acceptors (Lipinski definition) is 2. The third-order valence-electron chi connectivity index (χ3n) is 3.12. The molecule has 0 heterocycles. The van der Waals surface area contributed by atoms with Crippen LogP contribution in [0.25, 0.3) is 0 Å². The van der Waals surface area contributed by atoms with Crippen LogP contribution in [0.3, 0.4) is 0 Å². The van der Waals surface area contributed by atoms with Gasteiger partial charge in [-0.3, -0.25) is 0 Å². The van der Waals surface area contributed by atoms with Crippen LogP contribution in [0.1, 0.15) is 24.5 Å². The van der Waals surface area contributed by atoms with Gasteiger partial charge in [-0.15, -0.1) is 11.8 Å². The average molecular weight is 340 g/mol. The molecule has 2 rings (SSSR count). The number of hydrogen-bond donors (Lipinski definition) is 1. The van der Waals surface area contributed by atoms with Gasteiger partial charge in [0.15, 0.2) is 0 Å². The first-order chi connectivity index (χ1) is 10.2. The molecule has 0 saturated heterocycles. The minimum absolute atomic E-state index is 0.816. The van der Waals surface area contributed by atoms with E-state index in [1.54, 1.807) is 11.8 Å². The molecule has 0 aliphatic carbocycles. The van der Waals surface area contributed by atoms with Crippen LogP contribution in [0.2, 0.25) is 10.0 Å². The van der Waals surface area contributed by atoms with Crippen LogP contribution in [0.15, 0.2) is 47.4 Å². The molecular formula is C17H19Cl2NS. The van der Waals surface area contributed by atoms with E-state index in [1.807, 2.05) is 24.3 Å². The Balaban J connectivity index is 1.95. The molecule has 0 saturated carbocycles. The van der Waals surface area contributed by atoms with Gasteiger partial charge in [-0.05, 0) is 42.3 Å². The second kappa shape index (κ2) is 8.70. The highest BCUT2D eigenvalue weighted by Gasteiger charge is 2.04. The Hall–Kier alpha value is -0.670. The largest absolute Gasteiger partial charge is 0.313 e. The Morgan fingerprint density at radius 3 is 2.52 bits per heavy atom. The monoisotopic (exact) mass is 339 g/mol. The highest BCUT2D eigenvalue weighted by atomic mass is 35.5. The summed E-state index contributed by atoms with van der Waals surface area (Å²) >= 11 is 14.3. The summed E-state index contributed by atoms with van der Waals surface area (Å²) in [6.45, 7) is 3.99. The first kappa shape index (κ1) is 16.7. The van der Waals surface area contributed by atoms with Crippen molar-refractivity contribution in [1.82, 2.24) is 5.32 Å². The fourth-order valence-corrected chi connectivity index (χ4v) is 3.47. The number of nitrogens with one attached hydrogen (secondary N) is 1. The van der Waals surface area contributed by atoms with Crippen LogP contribution in [0.4, 0.5) is 0 Å². The standard InChI is InChI=1S/C17H19Cl2NS/c1-2-9-20-11-13-7-8-15(10-17(13)19)21-12-14-5-3-4-6-16(14)18/h3-8,10,20H,2,9,11-12H2,1H3. The van der Waals surface area contributed by atoms with Crippen molar-refractivity contribution in [1.29, 1.82) is 0 Å². The van der Waals surface area contributed by atoms with Crippen molar-refractivity contribution in [2.75, 3.05) is 6.54 Å². The lowest BCUT2D eigenvalue weighted by Crippen LogP contribution is -2.13. The summed E-state index contributed by atoms with van der Waals surface area (Å²) in [6, 6.07) is 14.2. The van der Waals surface area contributed by atoms with Gasteiger partial charge < -0.3 is 5.32 Å². The maximum absolute atomic E-state index is 6.34. The second-order valence-electron chi connectivity index (χ2n) is 4.81. The lowest BCUT2D eigenvalue weighted by Gasteiger charge is -2.09. The molecule has 0 unspecified atom stereocenters. The van der Waals surface area contributed by atoms with Gasteiger partial charge in [-0.1, -0.05) is 54.4 Å². The highest BCUT2D eigenvalue weighted by molar-refractivity contribution is 7.98. The molecule has 0 aromatic heterocycles. The average Bonchev–Trinajstić information content (AvgIpc) is 2.49. The van der Waals surface area contributed by atoms with Crippen molar-refractivity contribution >= 4 is 35.0 Å². The van der Waals surface area contributed by atoms with Crippen molar-refractivity contribution in [2.24, 2.45) is 0 Å². The van der Waals surface area contributed by atoms with Crippen molar-refractivity contribution in [3.8, 4) is 0 Å². The predicted octanol–water partition coefficient (Wildman–Crippen LogP) is 5.79. The third kappa shape index (κ3) is 5.23. The first-order valence-electron chi connectivity index (χ1n) is 7.06. The molecule has 1 nitrogen and oxygen atoms in total. The smallest absolute Gasteiger partial charge is 0.0462 e. The molecule has 0 bridgehead atoms. The third-order valence-corrected chi connectivity index (χ3v) is 4.88. The molecule has 0 spiro atoms. The van der Waals surface area contributed by atoms with Crippen LogP contribution in [-0.2, 0) is 12.3 Å². The molecule has 2 aromatic carbocycles. The van der Waals surface area contributed by atoms with E-state index in [4.69, 9.17) is 23.2 Å². The van der Waals surface area contributed by atoms with Crippen LogP contribution in [-0.4, -0.2) is 6.54 Å². The van der Waals surface area contributed by atoms with Gasteiger partial charge in [0, 0.05) is 27.2 Å². The van der Waals surface area contributed by atoms with E-state index in [1.165, 1.54) is 4.90 Å². The summed E-state index contributed by atoms with van der Waals surface area (Å²) in [4.78, 5) is 1.17. The van der Waals surface area contributed by atoms with Crippen LogP contribution >= 0.6 is 35.0 Å². The normalized spacial score (nSPS) is 10.8. The van der Waals surface area contributed by atoms with Gasteiger partial charge in [-0.2, -0.15) is 0 Å². The van der Waals surface area contributed by atoms with Crippen molar-refractivity contribution < 1.29 is 0 Å². The molecule has 0 aliphatic rings. The molecule has 4 heteroatoms. The Morgan fingerprint density at radius 1 is 1.00 bits per heavy atom. The van der Waals surface area contributed by atoms with E-state index in [0.717, 1.165) is 46.4 Å². The van der Waals surface area contributed by atoms with Crippen molar-refractivity contribution in [3.63, 3.8) is 0 Å². The van der Waals surface area contributed by atoms with Gasteiger partial charge in [0.25, 0.3) is 0 Å². The zero-order valence-electron chi connectivity index (χ0n) is 12.0. The molecule has 0 atom stereocenters. The Kier molecular flexibility index (Phi) is 6.91. The molecular weight excluding hydrogens is 321 g/mol. The van der Waals surface area contributed by atoms with Gasteiger partial charge in [0.05, 0.1) is 0 Å². The summed E-state index contributed by atoms with van der Waals surface area (Å²) in [5.41, 5.74) is 2.29. The number of rotatable bonds is 7. The molecule has 0 fully saturated rings. The van der Waals surface area contributed by atoms with Gasteiger partial charge in [-0.25, -0.2) is 0 Å². The minimum Gasteiger partial charge on any atom is -0.313 e. The quantitative estimate of drug-likeness (QED) is 0.506. The molecule has 0 aliphatic heterocycles. The van der Waals surface area contributed by atoms with E-state index >= 15 is 0 Å². The molecule has 21 heavy (non-hydrogen) atoms. The number of thioether (sulfide) groups is 1. The zero-order valence-corrected chi connectivity index (χ0v) is 14.4. The fourth-order valence-electron chi connectivity index (χ4n) is 1.94. The molecule has 0 amide bonds. The van der Waals surface area contributed by atoms with Gasteiger partial charge in [0.1, 0.15) is 0 Å². The summed E-state index contributed by atoms with van der Waals surface area (Å²) in [6.07, 6.45) is 1.13. The second-order valence-corrected chi connectivity index (χ2v) is 6.67. The van der Waals surface area contributed by atoms with E-state index in [0.29, 0.717) is 0 Å². The summed E-state index contributed by atoms with van der Waals surface area (Å²) < 4.78 is 0. The van der Waals surface area contributed by atoms with Crippen LogP contribution in [0.5, 0.6) is 0 Å². The Bertz CT molecular complexity index is 587. The molecule has 1 N–H and O–H groups in total. The van der Waals surface area contributed by atoms with Crippen LogP contribution < -0.4 is 5.32 Å². The summed E-state index contributed by atoms with van der Waals surface area (Å²) in [5.74, 6) is 0.851.